The molecule has 4 aliphatic heterocycles. The lowest BCUT2D eigenvalue weighted by atomic mass is 9.72. The molecule has 4 fully saturated rings. The molecule has 4 unspecified atom stereocenters. The smallest absolute Gasteiger partial charge is 0.294 e. The van der Waals surface area contributed by atoms with Crippen LogP contribution in [-0.4, -0.2) is 53.5 Å². The number of aryl methyl sites for hydroxylation is 1. The molecular formula is C17H23NO5S. The van der Waals surface area contributed by atoms with Crippen LogP contribution in [0.15, 0.2) is 29.2 Å². The lowest BCUT2D eigenvalue weighted by Gasteiger charge is -2.53. The number of Topliss-reactive ketones (excluding diaryl/α,β-unsaturated/α-hetero) is 1. The standard InChI is InChI=1S/C10H15NO2.C7H8O3S/c12-9-3-7-1-6-2-8(4-9)11(7)5-10(6)13;1-6-2-4-7(5-3-6)11(8,9)10/h6-9,12H,1-5H2;2-5H,1H3,(H,8,9,10)/t6?,7-,8?,9?;/m1./s1. The van der Waals surface area contributed by atoms with Gasteiger partial charge in [0.05, 0.1) is 17.5 Å². The molecule has 0 radical (unpaired) electrons. The third kappa shape index (κ3) is 3.69. The Morgan fingerprint density at radius 1 is 1.04 bits per heavy atom. The molecule has 0 saturated carbocycles. The molecule has 2 N–H and O–H groups in total. The van der Waals surface area contributed by atoms with E-state index in [1.165, 1.54) is 12.1 Å². The predicted molar refractivity (Wildman–Crippen MR) is 88.2 cm³/mol. The average Bonchev–Trinajstić information content (AvgIpc) is 2.47. The van der Waals surface area contributed by atoms with Gasteiger partial charge in [0.2, 0.25) is 0 Å². The van der Waals surface area contributed by atoms with E-state index in [9.17, 15) is 18.3 Å². The summed E-state index contributed by atoms with van der Waals surface area (Å²) in [6, 6.07) is 7.00. The Morgan fingerprint density at radius 3 is 2.04 bits per heavy atom. The molecule has 1 aromatic carbocycles. The van der Waals surface area contributed by atoms with Crippen LogP contribution in [0.2, 0.25) is 0 Å². The van der Waals surface area contributed by atoms with Gasteiger partial charge in [-0.25, -0.2) is 0 Å². The number of nitrogens with zero attached hydrogens (tertiary/aromatic N) is 1. The van der Waals surface area contributed by atoms with Gasteiger partial charge in [0.1, 0.15) is 5.78 Å². The van der Waals surface area contributed by atoms with Crippen LogP contribution in [0.4, 0.5) is 0 Å². The van der Waals surface area contributed by atoms with Crippen molar-refractivity contribution in [2.75, 3.05) is 6.54 Å². The van der Waals surface area contributed by atoms with Crippen LogP contribution in [0, 0.1) is 12.8 Å². The van der Waals surface area contributed by atoms with E-state index in [2.05, 4.69) is 4.90 Å². The molecule has 4 bridgehead atoms. The van der Waals surface area contributed by atoms with Crippen LogP contribution in [0.5, 0.6) is 0 Å². The predicted octanol–water partition coefficient (Wildman–Crippen LogP) is 1.41. The topological polar surface area (TPSA) is 94.9 Å². The lowest BCUT2D eigenvalue weighted by molar-refractivity contribution is -0.144. The first-order valence-electron chi connectivity index (χ1n) is 8.24. The van der Waals surface area contributed by atoms with E-state index in [0.717, 1.165) is 31.2 Å². The van der Waals surface area contributed by atoms with Gasteiger partial charge in [-0.15, -0.1) is 0 Å². The highest BCUT2D eigenvalue weighted by Crippen LogP contribution is 2.41. The number of aliphatic hydroxyl groups excluding tert-OH is 1. The van der Waals surface area contributed by atoms with Gasteiger partial charge in [-0.2, -0.15) is 8.42 Å². The van der Waals surface area contributed by atoms with E-state index >= 15 is 0 Å². The Morgan fingerprint density at radius 2 is 1.58 bits per heavy atom. The quantitative estimate of drug-likeness (QED) is 0.742. The minimum absolute atomic E-state index is 0.0666. The number of hydrogen-bond donors (Lipinski definition) is 2. The van der Waals surface area contributed by atoms with Gasteiger partial charge in [0, 0.05) is 18.0 Å². The van der Waals surface area contributed by atoms with Gasteiger partial charge in [-0.1, -0.05) is 17.7 Å². The zero-order valence-corrected chi connectivity index (χ0v) is 14.4. The molecule has 6 nitrogen and oxygen atoms in total. The second kappa shape index (κ2) is 6.55. The Bertz CT molecular complexity index is 699. The fraction of sp³-hybridized carbons (Fsp3) is 0.588. The van der Waals surface area contributed by atoms with E-state index in [1.54, 1.807) is 12.1 Å². The van der Waals surface area contributed by atoms with Crippen LogP contribution in [0.3, 0.4) is 0 Å². The number of rotatable bonds is 1. The Kier molecular flexibility index (Phi) is 4.79. The van der Waals surface area contributed by atoms with E-state index in [0.29, 0.717) is 30.3 Å². The summed E-state index contributed by atoms with van der Waals surface area (Å²) in [5.41, 5.74) is 0.956. The first kappa shape index (κ1) is 17.5. The van der Waals surface area contributed by atoms with Crippen LogP contribution in [0.25, 0.3) is 0 Å². The SMILES string of the molecule is Cc1ccc(S(=O)(=O)O)cc1.O=C1CN2C3CC(O)C[C@H]2CC1C3. The zero-order valence-electron chi connectivity index (χ0n) is 13.6. The summed E-state index contributed by atoms with van der Waals surface area (Å²) < 4.78 is 29.6. The molecule has 132 valence electrons. The van der Waals surface area contributed by atoms with Crippen molar-refractivity contribution in [1.29, 1.82) is 0 Å². The van der Waals surface area contributed by atoms with Crippen molar-refractivity contribution in [1.82, 2.24) is 4.90 Å². The highest BCUT2D eigenvalue weighted by atomic mass is 32.2. The first-order valence-corrected chi connectivity index (χ1v) is 9.68. The Hall–Kier alpha value is -1.28. The molecule has 4 aliphatic rings. The minimum Gasteiger partial charge on any atom is -0.393 e. The fourth-order valence-corrected chi connectivity index (χ4v) is 4.53. The van der Waals surface area contributed by atoms with E-state index in [4.69, 9.17) is 4.55 Å². The van der Waals surface area contributed by atoms with Crippen molar-refractivity contribution in [3.63, 3.8) is 0 Å². The molecule has 5 atom stereocenters. The molecule has 4 heterocycles. The molecule has 1 aromatic rings. The Balaban J connectivity index is 0.000000144. The molecule has 24 heavy (non-hydrogen) atoms. The van der Waals surface area contributed by atoms with E-state index in [1.807, 2.05) is 6.92 Å². The summed E-state index contributed by atoms with van der Waals surface area (Å²) in [7, 11) is -4.02. The monoisotopic (exact) mass is 353 g/mol. The molecular weight excluding hydrogens is 330 g/mol. The summed E-state index contributed by atoms with van der Waals surface area (Å²) in [5, 5.41) is 9.60. The summed E-state index contributed by atoms with van der Waals surface area (Å²) >= 11 is 0. The Labute approximate surface area is 142 Å². The van der Waals surface area contributed by atoms with Crippen molar-refractivity contribution in [3.05, 3.63) is 29.8 Å². The van der Waals surface area contributed by atoms with Crippen LogP contribution < -0.4 is 0 Å². The van der Waals surface area contributed by atoms with Crippen LogP contribution in [-0.2, 0) is 14.9 Å². The molecule has 7 heteroatoms. The third-order valence-electron chi connectivity index (χ3n) is 5.25. The number of carbonyl (C=O) groups is 1. The second-order valence-electron chi connectivity index (χ2n) is 7.03. The normalized spacial score (nSPS) is 34.5. The number of benzene rings is 1. The minimum atomic E-state index is -4.02. The summed E-state index contributed by atoms with van der Waals surface area (Å²) in [4.78, 5) is 13.7. The molecule has 0 spiro atoms. The number of ketones is 1. The maximum Gasteiger partial charge on any atom is 0.294 e. The molecule has 5 rings (SSSR count). The van der Waals surface area contributed by atoms with Gasteiger partial charge in [0.25, 0.3) is 10.1 Å². The van der Waals surface area contributed by atoms with Crippen molar-refractivity contribution in [3.8, 4) is 0 Å². The van der Waals surface area contributed by atoms with Crippen molar-refractivity contribution in [2.45, 2.75) is 55.7 Å². The van der Waals surface area contributed by atoms with Crippen LogP contribution >= 0.6 is 0 Å². The fourth-order valence-electron chi connectivity index (χ4n) is 4.05. The molecule has 0 amide bonds. The van der Waals surface area contributed by atoms with Crippen molar-refractivity contribution >= 4 is 15.9 Å². The lowest BCUT2D eigenvalue weighted by Crippen LogP contribution is -2.62. The maximum atomic E-state index is 11.5. The van der Waals surface area contributed by atoms with Crippen LogP contribution in [0.1, 0.15) is 31.2 Å². The van der Waals surface area contributed by atoms with Crippen molar-refractivity contribution < 1.29 is 22.9 Å². The number of hydrogen-bond acceptors (Lipinski definition) is 5. The van der Waals surface area contributed by atoms with E-state index in [-0.39, 0.29) is 11.0 Å². The van der Waals surface area contributed by atoms with Gasteiger partial charge < -0.3 is 5.11 Å². The number of aliphatic hydroxyl groups is 1. The van der Waals surface area contributed by atoms with Crippen molar-refractivity contribution in [2.24, 2.45) is 5.92 Å². The van der Waals surface area contributed by atoms with Gasteiger partial charge in [-0.3, -0.25) is 14.2 Å². The summed E-state index contributed by atoms with van der Waals surface area (Å²) in [6.45, 7) is 2.50. The second-order valence-corrected chi connectivity index (χ2v) is 8.45. The van der Waals surface area contributed by atoms with Gasteiger partial charge in [0.15, 0.2) is 0 Å². The highest BCUT2D eigenvalue weighted by Gasteiger charge is 2.48. The molecule has 0 aliphatic carbocycles. The highest BCUT2D eigenvalue weighted by molar-refractivity contribution is 7.85. The van der Waals surface area contributed by atoms with E-state index < -0.39 is 10.1 Å². The average molecular weight is 353 g/mol. The third-order valence-corrected chi connectivity index (χ3v) is 6.12. The summed E-state index contributed by atoms with van der Waals surface area (Å²) in [5.74, 6) is 0.761. The number of piperidine rings is 4. The molecule has 0 aromatic heterocycles. The zero-order chi connectivity index (χ0) is 17.5. The number of fused-ring (bicyclic) bond motifs is 1. The maximum absolute atomic E-state index is 11.5. The number of carbonyl (C=O) groups excluding carboxylic acids is 1. The van der Waals surface area contributed by atoms with Gasteiger partial charge in [-0.05, 0) is 44.7 Å². The first-order chi connectivity index (χ1) is 11.2. The molecule has 4 saturated heterocycles. The van der Waals surface area contributed by atoms with Gasteiger partial charge >= 0.3 is 0 Å². The largest absolute Gasteiger partial charge is 0.393 e. The summed E-state index contributed by atoms with van der Waals surface area (Å²) in [6.07, 6.45) is 3.68.